The average molecular weight is 497 g/mol. The third-order valence-corrected chi connectivity index (χ3v) is 7.72. The summed E-state index contributed by atoms with van der Waals surface area (Å²) in [5.41, 5.74) is 5.32. The number of anilines is 1. The lowest BCUT2D eigenvalue weighted by atomic mass is 10.1. The van der Waals surface area contributed by atoms with Gasteiger partial charge in [-0.05, 0) is 62.8 Å². The minimum absolute atomic E-state index is 0.176. The number of aryl methyl sites for hydroxylation is 1. The first-order valence-corrected chi connectivity index (χ1v) is 13.8. The Morgan fingerprint density at radius 1 is 1.06 bits per heavy atom. The zero-order valence-corrected chi connectivity index (χ0v) is 20.8. The molecule has 1 aliphatic carbocycles. The van der Waals surface area contributed by atoms with E-state index in [1.165, 1.54) is 12.1 Å². The van der Waals surface area contributed by atoms with Crippen LogP contribution in [-0.4, -0.2) is 28.3 Å². The number of halogens is 3. The van der Waals surface area contributed by atoms with E-state index in [0.717, 1.165) is 23.8 Å². The van der Waals surface area contributed by atoms with Gasteiger partial charge in [-0.15, -0.1) is 0 Å². The van der Waals surface area contributed by atoms with E-state index in [0.29, 0.717) is 44.5 Å². The van der Waals surface area contributed by atoms with E-state index in [4.69, 9.17) is 11.6 Å². The van der Waals surface area contributed by atoms with Crippen molar-refractivity contribution in [3.63, 3.8) is 0 Å². The minimum atomic E-state index is -0.485. The number of benzene rings is 1. The molecule has 0 spiro atoms. The van der Waals surface area contributed by atoms with Crippen LogP contribution in [0, 0.1) is 18.6 Å². The van der Waals surface area contributed by atoms with Gasteiger partial charge in [0.05, 0.1) is 27.4 Å². The quantitative estimate of drug-likeness (QED) is 0.299. The number of hydrogen-bond acceptors (Lipinski definition) is 4. The van der Waals surface area contributed by atoms with Gasteiger partial charge in [0.1, 0.15) is 17.0 Å². The SMILES string of the molecule is Cc1nc2cc(F)c(-c3ccc(P(C)C)nc3)nc2c(NCc2cc(C3CC3)ccc2F)c1Cl. The smallest absolute Gasteiger partial charge is 0.151 e. The number of fused-ring (bicyclic) bond motifs is 1. The molecule has 0 amide bonds. The standard InChI is InChI=1S/C26H24ClF2N4P/c1-14-23(27)26(31-13-18-10-16(15-4-5-15)6-8-19(18)28)25-21(32-14)11-20(29)24(33-25)17-7-9-22(30-12-17)34(2)3/h6-12,15H,4-5,13H2,1-3H3,(H,31,32). The van der Waals surface area contributed by atoms with Crippen LogP contribution in [0.2, 0.25) is 5.02 Å². The molecule has 0 unspecified atom stereocenters. The highest BCUT2D eigenvalue weighted by molar-refractivity contribution is 7.63. The fraction of sp³-hybridized carbons (Fsp3) is 0.269. The van der Waals surface area contributed by atoms with Crippen LogP contribution >= 0.6 is 19.5 Å². The van der Waals surface area contributed by atoms with Crippen LogP contribution in [-0.2, 0) is 6.54 Å². The van der Waals surface area contributed by atoms with Gasteiger partial charge in [-0.3, -0.25) is 4.98 Å². The normalized spacial score (nSPS) is 13.6. The van der Waals surface area contributed by atoms with Gasteiger partial charge < -0.3 is 5.32 Å². The summed E-state index contributed by atoms with van der Waals surface area (Å²) in [6.07, 6.45) is 3.93. The Labute approximate surface area is 203 Å². The number of pyridine rings is 3. The molecule has 1 N–H and O–H groups in total. The van der Waals surface area contributed by atoms with Gasteiger partial charge in [0.2, 0.25) is 0 Å². The first kappa shape index (κ1) is 23.1. The molecule has 1 aromatic carbocycles. The van der Waals surface area contributed by atoms with Crippen molar-refractivity contribution in [3.05, 3.63) is 76.1 Å². The second-order valence-electron chi connectivity index (χ2n) is 8.85. The molecule has 34 heavy (non-hydrogen) atoms. The van der Waals surface area contributed by atoms with Crippen LogP contribution in [0.4, 0.5) is 14.5 Å². The predicted octanol–water partition coefficient (Wildman–Crippen LogP) is 6.79. The van der Waals surface area contributed by atoms with Gasteiger partial charge in [0.15, 0.2) is 5.82 Å². The van der Waals surface area contributed by atoms with E-state index in [-0.39, 0.29) is 26.0 Å². The van der Waals surface area contributed by atoms with E-state index >= 15 is 4.39 Å². The van der Waals surface area contributed by atoms with E-state index < -0.39 is 5.82 Å². The van der Waals surface area contributed by atoms with Gasteiger partial charge in [0.25, 0.3) is 0 Å². The number of nitrogens with one attached hydrogen (secondary N) is 1. The van der Waals surface area contributed by atoms with Gasteiger partial charge >= 0.3 is 0 Å². The molecule has 0 radical (unpaired) electrons. The number of nitrogens with zero attached hydrogens (tertiary/aromatic N) is 3. The molecule has 4 aromatic rings. The molecule has 0 bridgehead atoms. The minimum Gasteiger partial charge on any atom is -0.378 e. The van der Waals surface area contributed by atoms with Gasteiger partial charge in [-0.1, -0.05) is 31.7 Å². The summed E-state index contributed by atoms with van der Waals surface area (Å²) in [4.78, 5) is 13.5. The monoisotopic (exact) mass is 496 g/mol. The zero-order valence-electron chi connectivity index (χ0n) is 19.2. The zero-order chi connectivity index (χ0) is 24.0. The van der Waals surface area contributed by atoms with Gasteiger partial charge in [-0.2, -0.15) is 0 Å². The van der Waals surface area contributed by atoms with Crippen molar-refractivity contribution >= 4 is 41.7 Å². The molecule has 0 atom stereocenters. The molecular weight excluding hydrogens is 473 g/mol. The lowest BCUT2D eigenvalue weighted by Crippen LogP contribution is -2.07. The van der Waals surface area contributed by atoms with E-state index in [1.54, 1.807) is 13.1 Å². The summed E-state index contributed by atoms with van der Waals surface area (Å²) < 4.78 is 29.6. The molecule has 4 nitrogen and oxygen atoms in total. The highest BCUT2D eigenvalue weighted by atomic mass is 35.5. The van der Waals surface area contributed by atoms with Crippen molar-refractivity contribution in [1.82, 2.24) is 15.0 Å². The summed E-state index contributed by atoms with van der Waals surface area (Å²) >= 11 is 6.60. The molecule has 0 saturated heterocycles. The lowest BCUT2D eigenvalue weighted by molar-refractivity contribution is 0.612. The van der Waals surface area contributed by atoms with E-state index in [9.17, 15) is 4.39 Å². The van der Waals surface area contributed by atoms with E-state index in [2.05, 4.69) is 33.6 Å². The van der Waals surface area contributed by atoms with Crippen LogP contribution < -0.4 is 10.8 Å². The van der Waals surface area contributed by atoms with Crippen molar-refractivity contribution in [2.24, 2.45) is 0 Å². The Hall–Kier alpha value is -2.69. The third kappa shape index (κ3) is 4.49. The van der Waals surface area contributed by atoms with Crippen LogP contribution in [0.3, 0.4) is 0 Å². The maximum Gasteiger partial charge on any atom is 0.151 e. The maximum atomic E-state index is 15.0. The molecule has 5 rings (SSSR count). The van der Waals surface area contributed by atoms with Gasteiger partial charge in [0, 0.05) is 29.9 Å². The largest absolute Gasteiger partial charge is 0.378 e. The van der Waals surface area contributed by atoms with Crippen LogP contribution in [0.25, 0.3) is 22.3 Å². The Morgan fingerprint density at radius 2 is 1.85 bits per heavy atom. The second-order valence-corrected chi connectivity index (χ2v) is 11.5. The molecule has 0 aliphatic heterocycles. The Balaban J connectivity index is 1.55. The van der Waals surface area contributed by atoms with Crippen molar-refractivity contribution in [2.75, 3.05) is 18.6 Å². The fourth-order valence-electron chi connectivity index (χ4n) is 4.00. The molecule has 1 aliphatic rings. The topological polar surface area (TPSA) is 50.7 Å². The lowest BCUT2D eigenvalue weighted by Gasteiger charge is -2.15. The summed E-state index contributed by atoms with van der Waals surface area (Å²) in [5, 5.41) is 3.63. The van der Waals surface area contributed by atoms with Gasteiger partial charge in [-0.25, -0.2) is 18.7 Å². The molecule has 3 heterocycles. The van der Waals surface area contributed by atoms with Crippen LogP contribution in [0.5, 0.6) is 0 Å². The maximum absolute atomic E-state index is 15.0. The molecular formula is C26H24ClF2N4P. The summed E-state index contributed by atoms with van der Waals surface area (Å²) in [7, 11) is -0.352. The highest BCUT2D eigenvalue weighted by Gasteiger charge is 2.24. The molecule has 174 valence electrons. The summed E-state index contributed by atoms with van der Waals surface area (Å²) in [5.74, 6) is -0.238. The Kier molecular flexibility index (Phi) is 6.22. The van der Waals surface area contributed by atoms with Crippen molar-refractivity contribution < 1.29 is 8.78 Å². The predicted molar refractivity (Wildman–Crippen MR) is 137 cm³/mol. The van der Waals surface area contributed by atoms with Crippen LogP contribution in [0.15, 0.2) is 42.6 Å². The molecule has 8 heteroatoms. The number of rotatable bonds is 6. The average Bonchev–Trinajstić information content (AvgIpc) is 3.66. The summed E-state index contributed by atoms with van der Waals surface area (Å²) in [6, 6.07) is 10.4. The van der Waals surface area contributed by atoms with Crippen molar-refractivity contribution in [2.45, 2.75) is 32.2 Å². The summed E-state index contributed by atoms with van der Waals surface area (Å²) in [6.45, 7) is 6.21. The van der Waals surface area contributed by atoms with E-state index in [1.807, 2.05) is 24.3 Å². The van der Waals surface area contributed by atoms with Crippen molar-refractivity contribution in [3.8, 4) is 11.3 Å². The highest BCUT2D eigenvalue weighted by Crippen LogP contribution is 2.41. The Bertz CT molecular complexity index is 1390. The number of aromatic nitrogens is 3. The number of hydrogen-bond donors (Lipinski definition) is 1. The molecule has 3 aromatic heterocycles. The van der Waals surface area contributed by atoms with Crippen LogP contribution in [0.1, 0.15) is 35.6 Å². The second kappa shape index (κ2) is 9.16. The first-order valence-electron chi connectivity index (χ1n) is 11.1. The molecule has 1 fully saturated rings. The third-order valence-electron chi connectivity index (χ3n) is 6.07. The van der Waals surface area contributed by atoms with Crippen molar-refractivity contribution in [1.29, 1.82) is 0 Å². The molecule has 1 saturated carbocycles. The Morgan fingerprint density at radius 3 is 2.53 bits per heavy atom. The fourth-order valence-corrected chi connectivity index (χ4v) is 4.86. The first-order chi connectivity index (χ1) is 16.3.